The third-order valence-corrected chi connectivity index (χ3v) is 6.60. The van der Waals surface area contributed by atoms with Crippen LogP contribution in [0.4, 0.5) is 0 Å². The van der Waals surface area contributed by atoms with Gasteiger partial charge in [0.25, 0.3) is 0 Å². The lowest BCUT2D eigenvalue weighted by Crippen LogP contribution is -2.39. The van der Waals surface area contributed by atoms with Gasteiger partial charge < -0.3 is 0 Å². The number of hydrogen-bond donors (Lipinski definition) is 0. The van der Waals surface area contributed by atoms with Crippen LogP contribution in [0.2, 0.25) is 0 Å². The summed E-state index contributed by atoms with van der Waals surface area (Å²) in [5.41, 5.74) is 0. The van der Waals surface area contributed by atoms with Crippen molar-refractivity contribution >= 4 is 8.37 Å². The summed E-state index contributed by atoms with van der Waals surface area (Å²) in [5.74, 6) is 0. The lowest BCUT2D eigenvalue weighted by Gasteiger charge is -2.45. The van der Waals surface area contributed by atoms with Crippen molar-refractivity contribution in [2.24, 2.45) is 0 Å². The highest BCUT2D eigenvalue weighted by atomic mass is 31.2. The highest BCUT2D eigenvalue weighted by molar-refractivity contribution is 7.50. The highest BCUT2D eigenvalue weighted by Crippen LogP contribution is 2.48. The maximum absolute atomic E-state index is 2.75. The monoisotopic (exact) mass is 259 g/mol. The summed E-state index contributed by atoms with van der Waals surface area (Å²) in [5, 5.41) is 0. The number of rotatable bonds is 7. The van der Waals surface area contributed by atoms with E-state index in [2.05, 4.69) is 41.7 Å². The van der Waals surface area contributed by atoms with Gasteiger partial charge in [0.1, 0.15) is 8.37 Å². The van der Waals surface area contributed by atoms with Gasteiger partial charge in [-0.25, -0.2) is 0 Å². The first-order valence-electron chi connectivity index (χ1n) is 7.33. The third-order valence-electron chi connectivity index (χ3n) is 3.55. The predicted molar refractivity (Wildman–Crippen MR) is 78.2 cm³/mol. The van der Waals surface area contributed by atoms with E-state index in [0.717, 1.165) is 0 Å². The minimum atomic E-state index is -0.206. The zero-order valence-corrected chi connectivity index (χ0v) is 13.0. The van der Waals surface area contributed by atoms with Crippen molar-refractivity contribution in [1.29, 1.82) is 0 Å². The second-order valence-corrected chi connectivity index (χ2v) is 6.79. The SMILES string of the molecule is CCN(CC)P(N(CC)CC)N1CCCCC1. The molecular weight excluding hydrogens is 229 g/mol. The molecule has 1 saturated heterocycles. The van der Waals surface area contributed by atoms with E-state index in [1.165, 1.54) is 58.5 Å². The Kier molecular flexibility index (Phi) is 7.61. The van der Waals surface area contributed by atoms with Crippen LogP contribution in [0.25, 0.3) is 0 Å². The van der Waals surface area contributed by atoms with Gasteiger partial charge in [-0.05, 0) is 12.8 Å². The third kappa shape index (κ3) is 4.17. The van der Waals surface area contributed by atoms with Crippen LogP contribution in [0.5, 0.6) is 0 Å². The molecule has 1 aliphatic heterocycles. The van der Waals surface area contributed by atoms with Crippen LogP contribution in [0.1, 0.15) is 47.0 Å². The maximum atomic E-state index is 2.75. The van der Waals surface area contributed by atoms with Crippen LogP contribution in [0.15, 0.2) is 0 Å². The average molecular weight is 259 g/mol. The van der Waals surface area contributed by atoms with E-state index in [-0.39, 0.29) is 8.37 Å². The van der Waals surface area contributed by atoms with Crippen LogP contribution in [0, 0.1) is 0 Å². The van der Waals surface area contributed by atoms with Gasteiger partial charge in [-0.3, -0.25) is 14.0 Å². The molecule has 0 aromatic rings. The molecule has 0 aromatic carbocycles. The second kappa shape index (κ2) is 8.42. The van der Waals surface area contributed by atoms with Gasteiger partial charge in [-0.15, -0.1) is 0 Å². The molecule has 1 heterocycles. The summed E-state index contributed by atoms with van der Waals surface area (Å²) in [6.45, 7) is 16.5. The molecule has 0 aromatic heterocycles. The van der Waals surface area contributed by atoms with Crippen LogP contribution in [-0.4, -0.2) is 53.3 Å². The summed E-state index contributed by atoms with van der Waals surface area (Å²) in [6, 6.07) is 0. The lowest BCUT2D eigenvalue weighted by molar-refractivity contribution is 0.303. The van der Waals surface area contributed by atoms with Gasteiger partial charge in [-0.1, -0.05) is 34.1 Å². The Balaban J connectivity index is 2.74. The van der Waals surface area contributed by atoms with Crippen molar-refractivity contribution in [2.45, 2.75) is 47.0 Å². The fourth-order valence-corrected chi connectivity index (χ4v) is 5.27. The van der Waals surface area contributed by atoms with Crippen LogP contribution in [0.3, 0.4) is 0 Å². The van der Waals surface area contributed by atoms with Gasteiger partial charge in [-0.2, -0.15) is 0 Å². The van der Waals surface area contributed by atoms with Crippen LogP contribution < -0.4 is 0 Å². The van der Waals surface area contributed by atoms with Crippen molar-refractivity contribution < 1.29 is 0 Å². The van der Waals surface area contributed by atoms with E-state index in [1.54, 1.807) is 0 Å². The Hall–Kier alpha value is 0.310. The molecule has 1 fully saturated rings. The molecule has 1 aliphatic rings. The molecule has 0 unspecified atom stereocenters. The van der Waals surface area contributed by atoms with E-state index in [9.17, 15) is 0 Å². The van der Waals surface area contributed by atoms with Crippen LogP contribution >= 0.6 is 8.37 Å². The Morgan fingerprint density at radius 2 is 1.18 bits per heavy atom. The molecule has 0 bridgehead atoms. The fraction of sp³-hybridized carbons (Fsp3) is 1.00. The van der Waals surface area contributed by atoms with Crippen molar-refractivity contribution in [1.82, 2.24) is 14.0 Å². The summed E-state index contributed by atoms with van der Waals surface area (Å²) in [6.07, 6.45) is 4.21. The molecule has 0 N–H and O–H groups in total. The fourth-order valence-electron chi connectivity index (χ4n) is 2.55. The molecule has 4 heteroatoms. The van der Waals surface area contributed by atoms with Gasteiger partial charge in [0.15, 0.2) is 0 Å². The Morgan fingerprint density at radius 3 is 1.53 bits per heavy atom. The van der Waals surface area contributed by atoms with E-state index in [0.29, 0.717) is 0 Å². The topological polar surface area (TPSA) is 9.72 Å². The smallest absolute Gasteiger partial charge is 0.120 e. The first kappa shape index (κ1) is 15.4. The van der Waals surface area contributed by atoms with Gasteiger partial charge in [0.2, 0.25) is 0 Å². The molecule has 0 radical (unpaired) electrons. The quantitative estimate of drug-likeness (QED) is 0.649. The first-order chi connectivity index (χ1) is 8.28. The summed E-state index contributed by atoms with van der Waals surface area (Å²) in [4.78, 5) is 0. The summed E-state index contributed by atoms with van der Waals surface area (Å²) >= 11 is 0. The predicted octanol–water partition coefficient (Wildman–Crippen LogP) is 3.38. The first-order valence-corrected chi connectivity index (χ1v) is 8.53. The van der Waals surface area contributed by atoms with Crippen molar-refractivity contribution in [3.05, 3.63) is 0 Å². The Bertz CT molecular complexity index is 175. The van der Waals surface area contributed by atoms with Gasteiger partial charge in [0.05, 0.1) is 0 Å². The highest BCUT2D eigenvalue weighted by Gasteiger charge is 2.29. The number of hydrogen-bond acceptors (Lipinski definition) is 3. The van der Waals surface area contributed by atoms with E-state index in [1.807, 2.05) is 0 Å². The maximum Gasteiger partial charge on any atom is 0.120 e. The molecule has 0 amide bonds. The minimum absolute atomic E-state index is 0.206. The number of piperidine rings is 1. The molecule has 0 atom stereocenters. The van der Waals surface area contributed by atoms with E-state index < -0.39 is 0 Å². The summed E-state index contributed by atoms with van der Waals surface area (Å²) < 4.78 is 8.07. The normalized spacial score (nSPS) is 18.5. The Labute approximate surface area is 109 Å². The molecule has 0 aliphatic carbocycles. The zero-order valence-electron chi connectivity index (χ0n) is 12.2. The van der Waals surface area contributed by atoms with Gasteiger partial charge >= 0.3 is 0 Å². The molecule has 102 valence electrons. The zero-order chi connectivity index (χ0) is 12.7. The standard InChI is InChI=1S/C13H30N3P/c1-5-14(6-2)17(15(7-3)8-4)16-12-10-9-11-13-16/h5-13H2,1-4H3. The van der Waals surface area contributed by atoms with Crippen molar-refractivity contribution in [3.63, 3.8) is 0 Å². The van der Waals surface area contributed by atoms with E-state index in [4.69, 9.17) is 0 Å². The minimum Gasteiger partial charge on any atom is -0.258 e. The molecule has 3 nitrogen and oxygen atoms in total. The molecule has 1 rings (SSSR count). The summed E-state index contributed by atoms with van der Waals surface area (Å²) in [7, 11) is -0.206. The Morgan fingerprint density at radius 1 is 0.765 bits per heavy atom. The average Bonchev–Trinajstić information content (AvgIpc) is 2.40. The second-order valence-electron chi connectivity index (χ2n) is 4.56. The molecule has 0 spiro atoms. The van der Waals surface area contributed by atoms with Crippen LogP contribution in [-0.2, 0) is 0 Å². The van der Waals surface area contributed by atoms with E-state index >= 15 is 0 Å². The van der Waals surface area contributed by atoms with Crippen molar-refractivity contribution in [3.8, 4) is 0 Å². The number of nitrogens with zero attached hydrogens (tertiary/aromatic N) is 3. The lowest BCUT2D eigenvalue weighted by atomic mass is 10.2. The molecule has 17 heavy (non-hydrogen) atoms. The molecular formula is C13H30N3P. The largest absolute Gasteiger partial charge is 0.258 e. The van der Waals surface area contributed by atoms with Gasteiger partial charge in [0, 0.05) is 39.3 Å². The van der Waals surface area contributed by atoms with Crippen molar-refractivity contribution in [2.75, 3.05) is 39.3 Å². The molecule has 0 saturated carbocycles.